The summed E-state index contributed by atoms with van der Waals surface area (Å²) >= 11 is 0. The smallest absolute Gasteiger partial charge is 0.268 e. The van der Waals surface area contributed by atoms with Crippen LogP contribution in [0.3, 0.4) is 0 Å². The van der Waals surface area contributed by atoms with Crippen molar-refractivity contribution >= 4 is 5.69 Å². The molecule has 5 nitrogen and oxygen atoms in total. The molecule has 0 fully saturated rings. The van der Waals surface area contributed by atoms with Gasteiger partial charge in [-0.3, -0.25) is 4.79 Å². The number of aryl methyl sites for hydroxylation is 1. The van der Waals surface area contributed by atoms with Crippen molar-refractivity contribution in [2.24, 2.45) is 0 Å². The summed E-state index contributed by atoms with van der Waals surface area (Å²) < 4.78 is 1.57. The van der Waals surface area contributed by atoms with Gasteiger partial charge in [-0.2, -0.15) is 5.10 Å². The highest BCUT2D eigenvalue weighted by Crippen LogP contribution is 2.07. The van der Waals surface area contributed by atoms with Gasteiger partial charge in [-0.05, 0) is 39.2 Å². The quantitative estimate of drug-likeness (QED) is 0.719. The molecule has 0 radical (unpaired) electrons. The van der Waals surface area contributed by atoms with Crippen LogP contribution < -0.4 is 15.8 Å². The second-order valence-corrected chi connectivity index (χ2v) is 5.69. The predicted molar refractivity (Wildman–Crippen MR) is 89.0 cm³/mol. The molecule has 0 saturated heterocycles. The molecule has 1 unspecified atom stereocenters. The van der Waals surface area contributed by atoms with Crippen molar-refractivity contribution in [2.45, 2.75) is 59.0 Å². The van der Waals surface area contributed by atoms with Gasteiger partial charge in [-0.15, -0.1) is 0 Å². The zero-order valence-electron chi connectivity index (χ0n) is 13.9. The number of hydrogen-bond acceptors (Lipinski definition) is 4. The maximum atomic E-state index is 12.1. The SMILES string of the molecule is CCCNC(C)CCCn1ncc(N(C)CCC)cc1=O. The van der Waals surface area contributed by atoms with Crippen LogP contribution in [0.15, 0.2) is 17.1 Å². The molecule has 0 saturated carbocycles. The van der Waals surface area contributed by atoms with E-state index in [1.807, 2.05) is 7.05 Å². The molecule has 1 aromatic rings. The highest BCUT2D eigenvalue weighted by molar-refractivity contribution is 5.41. The van der Waals surface area contributed by atoms with Crippen molar-refractivity contribution < 1.29 is 0 Å². The largest absolute Gasteiger partial charge is 0.373 e. The molecule has 1 rings (SSSR count). The minimum Gasteiger partial charge on any atom is -0.373 e. The molecule has 0 spiro atoms. The molecule has 0 aliphatic heterocycles. The third-order valence-corrected chi connectivity index (χ3v) is 3.60. The average Bonchev–Trinajstić information content (AvgIpc) is 2.47. The van der Waals surface area contributed by atoms with Crippen molar-refractivity contribution in [3.63, 3.8) is 0 Å². The molecular weight excluding hydrogens is 264 g/mol. The molecule has 5 heteroatoms. The lowest BCUT2D eigenvalue weighted by atomic mass is 10.2. The van der Waals surface area contributed by atoms with E-state index < -0.39 is 0 Å². The fourth-order valence-electron chi connectivity index (χ4n) is 2.31. The summed E-state index contributed by atoms with van der Waals surface area (Å²) in [5.74, 6) is 0. The number of anilines is 1. The van der Waals surface area contributed by atoms with E-state index in [4.69, 9.17) is 0 Å². The van der Waals surface area contributed by atoms with Gasteiger partial charge >= 0.3 is 0 Å². The summed E-state index contributed by atoms with van der Waals surface area (Å²) in [6, 6.07) is 2.18. The van der Waals surface area contributed by atoms with Gasteiger partial charge in [0.25, 0.3) is 5.56 Å². The summed E-state index contributed by atoms with van der Waals surface area (Å²) in [5, 5.41) is 7.74. The summed E-state index contributed by atoms with van der Waals surface area (Å²) in [6.45, 7) is 9.16. The van der Waals surface area contributed by atoms with Gasteiger partial charge in [-0.25, -0.2) is 4.68 Å². The van der Waals surface area contributed by atoms with Gasteiger partial charge in [0.1, 0.15) is 0 Å². The van der Waals surface area contributed by atoms with E-state index in [9.17, 15) is 4.79 Å². The summed E-state index contributed by atoms with van der Waals surface area (Å²) in [5.41, 5.74) is 0.890. The fourth-order valence-corrected chi connectivity index (χ4v) is 2.31. The molecule has 21 heavy (non-hydrogen) atoms. The van der Waals surface area contributed by atoms with Gasteiger partial charge in [0, 0.05) is 32.2 Å². The van der Waals surface area contributed by atoms with Gasteiger partial charge < -0.3 is 10.2 Å². The number of nitrogens with zero attached hydrogens (tertiary/aromatic N) is 3. The van der Waals surface area contributed by atoms with Crippen LogP contribution in [0.4, 0.5) is 5.69 Å². The van der Waals surface area contributed by atoms with Crippen molar-refractivity contribution in [1.82, 2.24) is 15.1 Å². The number of aromatic nitrogens is 2. The molecule has 1 atom stereocenters. The predicted octanol–water partition coefficient (Wildman–Crippen LogP) is 2.26. The lowest BCUT2D eigenvalue weighted by molar-refractivity contribution is 0.455. The first-order valence-corrected chi connectivity index (χ1v) is 8.10. The van der Waals surface area contributed by atoms with Crippen LogP contribution in [0.25, 0.3) is 0 Å². The van der Waals surface area contributed by atoms with Crippen molar-refractivity contribution in [1.29, 1.82) is 0 Å². The first kappa shape index (κ1) is 17.7. The molecule has 1 N–H and O–H groups in total. The second kappa shape index (κ2) is 9.55. The highest BCUT2D eigenvalue weighted by Gasteiger charge is 2.05. The van der Waals surface area contributed by atoms with Crippen LogP contribution in [-0.2, 0) is 6.54 Å². The van der Waals surface area contributed by atoms with Crippen LogP contribution in [0.2, 0.25) is 0 Å². The average molecular weight is 294 g/mol. The van der Waals surface area contributed by atoms with Gasteiger partial charge in [0.05, 0.1) is 11.9 Å². The molecule has 0 aromatic carbocycles. The Bertz CT molecular complexity index is 458. The molecule has 1 aromatic heterocycles. The van der Waals surface area contributed by atoms with E-state index in [1.165, 1.54) is 0 Å². The zero-order valence-corrected chi connectivity index (χ0v) is 13.9. The Morgan fingerprint density at radius 1 is 1.38 bits per heavy atom. The molecule has 0 aliphatic carbocycles. The molecule has 120 valence electrons. The lowest BCUT2D eigenvalue weighted by Gasteiger charge is -2.18. The van der Waals surface area contributed by atoms with Crippen LogP contribution in [0, 0.1) is 0 Å². The van der Waals surface area contributed by atoms with E-state index in [-0.39, 0.29) is 5.56 Å². The Morgan fingerprint density at radius 3 is 2.76 bits per heavy atom. The molecule has 0 bridgehead atoms. The van der Waals surface area contributed by atoms with Crippen LogP contribution in [-0.4, -0.2) is 36.0 Å². The Kier molecular flexibility index (Phi) is 8.05. The van der Waals surface area contributed by atoms with Gasteiger partial charge in [-0.1, -0.05) is 13.8 Å². The monoisotopic (exact) mass is 294 g/mol. The van der Waals surface area contributed by atoms with Crippen LogP contribution >= 0.6 is 0 Å². The molecule has 1 heterocycles. The molecule has 0 aliphatic rings. The van der Waals surface area contributed by atoms with Crippen molar-refractivity contribution in [2.75, 3.05) is 25.0 Å². The minimum absolute atomic E-state index is 0.00961. The Morgan fingerprint density at radius 2 is 2.14 bits per heavy atom. The fraction of sp³-hybridized carbons (Fsp3) is 0.750. The zero-order chi connectivity index (χ0) is 15.7. The van der Waals surface area contributed by atoms with E-state index in [2.05, 4.69) is 36.1 Å². The van der Waals surface area contributed by atoms with Crippen LogP contribution in [0.5, 0.6) is 0 Å². The first-order chi connectivity index (χ1) is 10.1. The summed E-state index contributed by atoms with van der Waals surface area (Å²) in [4.78, 5) is 14.1. The van der Waals surface area contributed by atoms with Crippen LogP contribution in [0.1, 0.15) is 46.5 Å². The maximum Gasteiger partial charge on any atom is 0.268 e. The Hall–Kier alpha value is -1.36. The molecular formula is C16H30N4O. The van der Waals surface area contributed by atoms with E-state index in [0.717, 1.165) is 44.5 Å². The number of nitrogens with one attached hydrogen (secondary N) is 1. The molecule has 0 amide bonds. The topological polar surface area (TPSA) is 50.2 Å². The highest BCUT2D eigenvalue weighted by atomic mass is 16.1. The van der Waals surface area contributed by atoms with Crippen molar-refractivity contribution in [3.05, 3.63) is 22.6 Å². The Balaban J connectivity index is 2.48. The number of hydrogen-bond donors (Lipinski definition) is 1. The first-order valence-electron chi connectivity index (χ1n) is 8.10. The van der Waals surface area contributed by atoms with Gasteiger partial charge in [0.2, 0.25) is 0 Å². The standard InChI is InChI=1S/C16H30N4O/c1-5-9-17-14(3)8-7-11-20-16(21)12-15(13-18-20)19(4)10-6-2/h12-14,17H,5-11H2,1-4H3. The summed E-state index contributed by atoms with van der Waals surface area (Å²) in [6.07, 6.45) is 6.02. The van der Waals surface area contributed by atoms with E-state index in [1.54, 1.807) is 16.9 Å². The summed E-state index contributed by atoms with van der Waals surface area (Å²) in [7, 11) is 1.99. The normalized spacial score (nSPS) is 12.4. The van der Waals surface area contributed by atoms with E-state index in [0.29, 0.717) is 12.6 Å². The van der Waals surface area contributed by atoms with Crippen molar-refractivity contribution in [3.8, 4) is 0 Å². The second-order valence-electron chi connectivity index (χ2n) is 5.69. The number of rotatable bonds is 10. The minimum atomic E-state index is -0.00961. The third-order valence-electron chi connectivity index (χ3n) is 3.60. The van der Waals surface area contributed by atoms with E-state index >= 15 is 0 Å². The lowest BCUT2D eigenvalue weighted by Crippen LogP contribution is -2.29. The third kappa shape index (κ3) is 6.29. The Labute approximate surface area is 128 Å². The maximum absolute atomic E-state index is 12.1. The van der Waals surface area contributed by atoms with Gasteiger partial charge in [0.15, 0.2) is 0 Å².